The number of morpholine rings is 1. The van der Waals surface area contributed by atoms with Gasteiger partial charge in [0.15, 0.2) is 0 Å². The molecule has 7 heteroatoms. The average molecular weight is 377 g/mol. The molecule has 26 heavy (non-hydrogen) atoms. The molecule has 0 bridgehead atoms. The summed E-state index contributed by atoms with van der Waals surface area (Å²) in [5, 5.41) is 6.54. The molecular weight excluding hydrogens is 352 g/mol. The second kappa shape index (κ2) is 7.86. The maximum Gasteiger partial charge on any atom is 0.227 e. The third kappa shape index (κ3) is 3.82. The van der Waals surface area contributed by atoms with E-state index in [0.29, 0.717) is 6.04 Å². The zero-order valence-electron chi connectivity index (χ0n) is 15.1. The molecule has 0 unspecified atom stereocenters. The highest BCUT2D eigenvalue weighted by molar-refractivity contribution is 5.94. The number of aromatic nitrogens is 2. The minimum Gasteiger partial charge on any atom is -0.375 e. The van der Waals surface area contributed by atoms with Gasteiger partial charge in [-0.3, -0.25) is 4.79 Å². The van der Waals surface area contributed by atoms with Crippen LogP contribution in [-0.2, 0) is 9.53 Å². The second-order valence-corrected chi connectivity index (χ2v) is 7.07. The maximum atomic E-state index is 12.7. The molecule has 2 fully saturated rings. The molecule has 6 nitrogen and oxygen atoms in total. The van der Waals surface area contributed by atoms with Gasteiger partial charge in [-0.1, -0.05) is 0 Å². The van der Waals surface area contributed by atoms with Crippen molar-refractivity contribution >= 4 is 35.0 Å². The van der Waals surface area contributed by atoms with Gasteiger partial charge in [0.2, 0.25) is 5.91 Å². The van der Waals surface area contributed by atoms with Crippen LogP contribution in [0.25, 0.3) is 11.0 Å². The molecule has 1 amide bonds. The number of nitrogens with one attached hydrogen (secondary N) is 2. The zero-order chi connectivity index (χ0) is 17.4. The van der Waals surface area contributed by atoms with Crippen molar-refractivity contribution in [1.29, 1.82) is 0 Å². The van der Waals surface area contributed by atoms with Crippen LogP contribution >= 0.6 is 12.4 Å². The van der Waals surface area contributed by atoms with Crippen molar-refractivity contribution in [3.63, 3.8) is 0 Å². The van der Waals surface area contributed by atoms with Gasteiger partial charge in [0, 0.05) is 24.2 Å². The number of ether oxygens (including phenoxy) is 1. The van der Waals surface area contributed by atoms with E-state index in [-0.39, 0.29) is 30.3 Å². The van der Waals surface area contributed by atoms with Crippen LogP contribution in [0.5, 0.6) is 0 Å². The summed E-state index contributed by atoms with van der Waals surface area (Å²) in [5.41, 5.74) is 4.29. The van der Waals surface area contributed by atoms with Gasteiger partial charge >= 0.3 is 0 Å². The Morgan fingerprint density at radius 3 is 2.77 bits per heavy atom. The molecule has 1 aliphatic carbocycles. The van der Waals surface area contributed by atoms with E-state index in [4.69, 9.17) is 4.74 Å². The van der Waals surface area contributed by atoms with Crippen molar-refractivity contribution in [2.45, 2.75) is 45.3 Å². The lowest BCUT2D eigenvalue weighted by molar-refractivity contribution is -0.123. The van der Waals surface area contributed by atoms with Crippen molar-refractivity contribution in [2.75, 3.05) is 18.5 Å². The first-order valence-electron chi connectivity index (χ1n) is 9.01. The highest BCUT2D eigenvalue weighted by Crippen LogP contribution is 2.29. The molecule has 2 aliphatic rings. The molecule has 140 valence electrons. The summed E-state index contributed by atoms with van der Waals surface area (Å²) in [5.74, 6) is 0.110. The summed E-state index contributed by atoms with van der Waals surface area (Å²) in [7, 11) is 0. The minimum absolute atomic E-state index is 0. The summed E-state index contributed by atoms with van der Waals surface area (Å²) < 4.78 is 5.79. The minimum atomic E-state index is 0. The molecule has 0 radical (unpaired) electrons. The normalized spacial score (nSPS) is 25.2. The van der Waals surface area contributed by atoms with E-state index in [2.05, 4.69) is 20.6 Å². The molecule has 4 rings (SSSR count). The lowest BCUT2D eigenvalue weighted by Gasteiger charge is -2.39. The zero-order valence-corrected chi connectivity index (χ0v) is 15.9. The Kier molecular flexibility index (Phi) is 5.75. The predicted octanol–water partition coefficient (Wildman–Crippen LogP) is 2.76. The van der Waals surface area contributed by atoms with Crippen LogP contribution in [0.4, 0.5) is 5.69 Å². The van der Waals surface area contributed by atoms with Crippen LogP contribution in [0.3, 0.4) is 0 Å². The Morgan fingerprint density at radius 2 is 1.96 bits per heavy atom. The Bertz CT molecular complexity index is 813. The van der Waals surface area contributed by atoms with Gasteiger partial charge in [0.05, 0.1) is 35.1 Å². The average Bonchev–Trinajstić information content (AvgIpc) is 2.62. The number of hydrogen-bond donors (Lipinski definition) is 2. The molecule has 3 atom stereocenters. The number of carbonyl (C=O) groups is 1. The fourth-order valence-corrected chi connectivity index (χ4v) is 3.80. The van der Waals surface area contributed by atoms with Gasteiger partial charge < -0.3 is 15.4 Å². The third-order valence-corrected chi connectivity index (χ3v) is 5.34. The van der Waals surface area contributed by atoms with Crippen LogP contribution in [0.15, 0.2) is 18.2 Å². The van der Waals surface area contributed by atoms with Crippen molar-refractivity contribution in [3.8, 4) is 0 Å². The Balaban J connectivity index is 0.00000196. The highest BCUT2D eigenvalue weighted by Gasteiger charge is 2.35. The number of anilines is 1. The molecule has 2 N–H and O–H groups in total. The van der Waals surface area contributed by atoms with Crippen LogP contribution in [0, 0.1) is 19.8 Å². The van der Waals surface area contributed by atoms with Crippen LogP contribution in [0.2, 0.25) is 0 Å². The van der Waals surface area contributed by atoms with E-state index in [0.717, 1.165) is 60.5 Å². The molecule has 1 aliphatic heterocycles. The summed E-state index contributed by atoms with van der Waals surface area (Å²) >= 11 is 0. The molecule has 1 aromatic heterocycles. The smallest absolute Gasteiger partial charge is 0.227 e. The van der Waals surface area contributed by atoms with Gasteiger partial charge in [-0.15, -0.1) is 12.4 Å². The fraction of sp³-hybridized carbons (Fsp3) is 0.526. The van der Waals surface area contributed by atoms with Gasteiger partial charge in [-0.2, -0.15) is 0 Å². The Morgan fingerprint density at radius 1 is 1.19 bits per heavy atom. The van der Waals surface area contributed by atoms with E-state index < -0.39 is 0 Å². The summed E-state index contributed by atoms with van der Waals surface area (Å²) in [6.07, 6.45) is 2.92. The molecule has 1 saturated heterocycles. The van der Waals surface area contributed by atoms with Gasteiger partial charge in [-0.05, 0) is 51.3 Å². The SMILES string of the molecule is Cc1nc2ccc(NC(=O)[C@H]3CC[C@H]4OCCN[C@@H]4C3)cc2nc1C.Cl. The highest BCUT2D eigenvalue weighted by atomic mass is 35.5. The quantitative estimate of drug-likeness (QED) is 0.842. The topological polar surface area (TPSA) is 76.1 Å². The number of hydrogen-bond acceptors (Lipinski definition) is 5. The summed E-state index contributed by atoms with van der Waals surface area (Å²) in [4.78, 5) is 21.8. The molecule has 1 aromatic carbocycles. The number of amides is 1. The van der Waals surface area contributed by atoms with E-state index in [1.54, 1.807) is 0 Å². The monoisotopic (exact) mass is 376 g/mol. The van der Waals surface area contributed by atoms with Crippen LogP contribution in [0.1, 0.15) is 30.7 Å². The number of nitrogens with zero attached hydrogens (tertiary/aromatic N) is 2. The third-order valence-electron chi connectivity index (χ3n) is 5.34. The second-order valence-electron chi connectivity index (χ2n) is 7.07. The molecule has 2 aromatic rings. The van der Waals surface area contributed by atoms with Crippen molar-refractivity contribution in [2.24, 2.45) is 5.92 Å². The molecular formula is C19H25ClN4O2. The lowest BCUT2D eigenvalue weighted by Crippen LogP contribution is -2.52. The van der Waals surface area contributed by atoms with Gasteiger partial charge in [-0.25, -0.2) is 9.97 Å². The Labute approximate surface area is 159 Å². The summed E-state index contributed by atoms with van der Waals surface area (Å²) in [6.45, 7) is 5.55. The lowest BCUT2D eigenvalue weighted by atomic mass is 9.82. The van der Waals surface area contributed by atoms with E-state index >= 15 is 0 Å². The largest absolute Gasteiger partial charge is 0.375 e. The van der Waals surface area contributed by atoms with Crippen molar-refractivity contribution in [1.82, 2.24) is 15.3 Å². The first-order chi connectivity index (χ1) is 12.1. The fourth-order valence-electron chi connectivity index (χ4n) is 3.80. The molecule has 0 spiro atoms. The number of benzene rings is 1. The van der Waals surface area contributed by atoms with E-state index in [1.165, 1.54) is 0 Å². The predicted molar refractivity (Wildman–Crippen MR) is 104 cm³/mol. The number of rotatable bonds is 2. The van der Waals surface area contributed by atoms with Gasteiger partial charge in [0.25, 0.3) is 0 Å². The van der Waals surface area contributed by atoms with Crippen LogP contribution in [-0.4, -0.2) is 41.2 Å². The van der Waals surface area contributed by atoms with Gasteiger partial charge in [0.1, 0.15) is 0 Å². The first kappa shape index (κ1) is 19.0. The number of halogens is 1. The van der Waals surface area contributed by atoms with E-state index in [9.17, 15) is 4.79 Å². The van der Waals surface area contributed by atoms with Crippen molar-refractivity contribution < 1.29 is 9.53 Å². The Hall–Kier alpha value is -1.76. The van der Waals surface area contributed by atoms with Crippen LogP contribution < -0.4 is 10.6 Å². The standard InChI is InChI=1S/C19H24N4O2.ClH/c1-11-12(2)22-16-10-14(4-5-15(16)21-11)23-19(24)13-3-6-18-17(9-13)20-7-8-25-18;/h4-5,10,13,17-18,20H,3,6-9H2,1-2H3,(H,23,24);1H/t13-,17+,18+;/m0./s1. The number of aryl methyl sites for hydroxylation is 2. The maximum absolute atomic E-state index is 12.7. The molecule has 1 saturated carbocycles. The summed E-state index contributed by atoms with van der Waals surface area (Å²) in [6, 6.07) is 6.02. The first-order valence-corrected chi connectivity index (χ1v) is 9.01. The van der Waals surface area contributed by atoms with Crippen molar-refractivity contribution in [3.05, 3.63) is 29.6 Å². The van der Waals surface area contributed by atoms with E-state index in [1.807, 2.05) is 32.0 Å². The number of fused-ring (bicyclic) bond motifs is 2. The molecule has 2 heterocycles. The number of carbonyl (C=O) groups excluding carboxylic acids is 1.